The topological polar surface area (TPSA) is 109 Å². The predicted octanol–water partition coefficient (Wildman–Crippen LogP) is 3.97. The third kappa shape index (κ3) is 3.70. The molecule has 0 spiro atoms. The van der Waals surface area contributed by atoms with Crippen LogP contribution in [0.4, 0.5) is 5.69 Å². The van der Waals surface area contributed by atoms with Crippen LogP contribution in [-0.2, 0) is 22.6 Å². The summed E-state index contributed by atoms with van der Waals surface area (Å²) >= 11 is 0. The maximum Gasteiger partial charge on any atom is 0.269 e. The zero-order chi connectivity index (χ0) is 25.7. The molecule has 9 nitrogen and oxygen atoms in total. The van der Waals surface area contributed by atoms with Crippen molar-refractivity contribution in [1.82, 2.24) is 14.8 Å². The summed E-state index contributed by atoms with van der Waals surface area (Å²) in [6.07, 6.45) is 0.359. The summed E-state index contributed by atoms with van der Waals surface area (Å²) in [6.45, 7) is 0.162. The summed E-state index contributed by atoms with van der Waals surface area (Å²) in [7, 11) is 1.58. The van der Waals surface area contributed by atoms with E-state index in [1.54, 1.807) is 29.0 Å². The molecule has 2 aliphatic heterocycles. The number of carbonyl (C=O) groups excluding carboxylic acids is 2. The highest BCUT2D eigenvalue weighted by Crippen LogP contribution is 2.43. The summed E-state index contributed by atoms with van der Waals surface area (Å²) in [6, 6.07) is 20.2. The van der Waals surface area contributed by atoms with Crippen LogP contribution in [0.5, 0.6) is 5.75 Å². The normalized spacial score (nSPS) is 19.1. The number of fused-ring (bicyclic) bond motifs is 4. The summed E-state index contributed by atoms with van der Waals surface area (Å²) in [5.74, 6) is 0.291. The minimum absolute atomic E-state index is 0.0640. The number of aromatic nitrogens is 1. The summed E-state index contributed by atoms with van der Waals surface area (Å²) in [4.78, 5) is 45.3. The zero-order valence-corrected chi connectivity index (χ0v) is 20.1. The van der Waals surface area contributed by atoms with Crippen LogP contribution in [0.2, 0.25) is 0 Å². The molecule has 4 aromatic rings. The van der Waals surface area contributed by atoms with E-state index in [-0.39, 0.29) is 30.6 Å². The van der Waals surface area contributed by atoms with Gasteiger partial charge in [0.2, 0.25) is 11.8 Å². The number of methoxy groups -OCH3 is 1. The van der Waals surface area contributed by atoms with Crippen LogP contribution in [0, 0.1) is 10.1 Å². The number of aromatic amines is 1. The first-order chi connectivity index (χ1) is 18.0. The molecular weight excluding hydrogens is 472 g/mol. The molecule has 2 amide bonds. The van der Waals surface area contributed by atoms with Crippen molar-refractivity contribution in [3.8, 4) is 5.75 Å². The molecule has 1 fully saturated rings. The van der Waals surface area contributed by atoms with Crippen molar-refractivity contribution in [2.75, 3.05) is 13.7 Å². The van der Waals surface area contributed by atoms with Gasteiger partial charge in [-0.05, 0) is 23.3 Å². The fraction of sp³-hybridized carbons (Fsp3) is 0.214. The van der Waals surface area contributed by atoms with Crippen LogP contribution in [-0.4, -0.2) is 51.2 Å². The number of nitro benzene ring substituents is 1. The van der Waals surface area contributed by atoms with Gasteiger partial charge in [0, 0.05) is 47.3 Å². The molecule has 3 aromatic carbocycles. The second-order valence-corrected chi connectivity index (χ2v) is 9.34. The average Bonchev–Trinajstić information content (AvgIpc) is 3.29. The van der Waals surface area contributed by atoms with E-state index >= 15 is 0 Å². The fourth-order valence-electron chi connectivity index (χ4n) is 5.65. The van der Waals surface area contributed by atoms with Gasteiger partial charge in [0.1, 0.15) is 18.3 Å². The Kier molecular flexibility index (Phi) is 5.40. The Balaban J connectivity index is 1.46. The van der Waals surface area contributed by atoms with E-state index in [1.165, 1.54) is 12.1 Å². The Bertz CT molecular complexity index is 1560. The molecule has 2 aliphatic rings. The first kappa shape index (κ1) is 22.8. The number of nitrogens with zero attached hydrogens (tertiary/aromatic N) is 3. The van der Waals surface area contributed by atoms with Gasteiger partial charge in [-0.2, -0.15) is 0 Å². The van der Waals surface area contributed by atoms with Crippen molar-refractivity contribution in [2.45, 2.75) is 25.0 Å². The molecule has 0 aliphatic carbocycles. The monoisotopic (exact) mass is 496 g/mol. The quantitative estimate of drug-likeness (QED) is 0.332. The van der Waals surface area contributed by atoms with Crippen LogP contribution in [0.1, 0.15) is 28.4 Å². The number of hydrogen-bond acceptors (Lipinski definition) is 5. The van der Waals surface area contributed by atoms with Gasteiger partial charge in [-0.25, -0.2) is 0 Å². The number of ether oxygens (including phenoxy) is 1. The van der Waals surface area contributed by atoms with E-state index in [1.807, 2.05) is 48.5 Å². The van der Waals surface area contributed by atoms with Crippen LogP contribution < -0.4 is 4.74 Å². The van der Waals surface area contributed by atoms with E-state index in [4.69, 9.17) is 4.74 Å². The second kappa shape index (κ2) is 8.77. The number of H-pyrrole nitrogens is 1. The third-order valence-electron chi connectivity index (χ3n) is 7.29. The van der Waals surface area contributed by atoms with Gasteiger partial charge in [-0.3, -0.25) is 19.7 Å². The number of benzene rings is 3. The lowest BCUT2D eigenvalue weighted by molar-refractivity contribution is -0.384. The number of carbonyl (C=O) groups is 2. The Morgan fingerprint density at radius 3 is 2.65 bits per heavy atom. The van der Waals surface area contributed by atoms with E-state index in [0.717, 1.165) is 27.7 Å². The van der Waals surface area contributed by atoms with E-state index in [2.05, 4.69) is 4.98 Å². The van der Waals surface area contributed by atoms with Gasteiger partial charge in [0.15, 0.2) is 0 Å². The largest absolute Gasteiger partial charge is 0.496 e. The van der Waals surface area contributed by atoms with E-state index < -0.39 is 17.0 Å². The number of non-ortho nitro benzene ring substituents is 1. The Hall–Kier alpha value is -4.66. The molecule has 0 bridgehead atoms. The first-order valence-corrected chi connectivity index (χ1v) is 12.0. The van der Waals surface area contributed by atoms with Crippen molar-refractivity contribution in [1.29, 1.82) is 0 Å². The molecule has 0 saturated carbocycles. The molecule has 3 heterocycles. The average molecular weight is 497 g/mol. The minimum Gasteiger partial charge on any atom is -0.496 e. The highest BCUT2D eigenvalue weighted by molar-refractivity contribution is 5.97. The lowest BCUT2D eigenvalue weighted by Crippen LogP contribution is -2.62. The van der Waals surface area contributed by atoms with Crippen LogP contribution in [0.15, 0.2) is 72.8 Å². The fourth-order valence-corrected chi connectivity index (χ4v) is 5.65. The molecule has 2 atom stereocenters. The van der Waals surface area contributed by atoms with E-state index in [0.29, 0.717) is 17.7 Å². The standard InChI is InChI=1S/C28H24N4O5/c1-37-24-12-5-2-7-18(24)15-30-16-25(33)31-23(28(30)34)14-21-20-10-3-4-11-22(20)29-26(21)27(31)17-8-6-9-19(13-17)32(35)36/h2-13,23,27,29H,14-16H2,1H3/t23-,27-/m1/s1. The van der Waals surface area contributed by atoms with Crippen molar-refractivity contribution in [3.05, 3.63) is 105 Å². The molecule has 0 unspecified atom stereocenters. The second-order valence-electron chi connectivity index (χ2n) is 9.34. The molecule has 1 aromatic heterocycles. The third-order valence-corrected chi connectivity index (χ3v) is 7.29. The number of amides is 2. The minimum atomic E-state index is -0.730. The van der Waals surface area contributed by atoms with Gasteiger partial charge in [0.25, 0.3) is 5.69 Å². The molecular formula is C28H24N4O5. The SMILES string of the molecule is COc1ccccc1CN1CC(=O)N2[C@H](c3cccc([N+](=O)[O-])c3)c3[nH]c4ccccc4c3C[C@@H]2C1=O. The Morgan fingerprint density at radius 2 is 1.84 bits per heavy atom. The van der Waals surface area contributed by atoms with Crippen molar-refractivity contribution in [3.63, 3.8) is 0 Å². The van der Waals surface area contributed by atoms with Gasteiger partial charge in [0.05, 0.1) is 18.1 Å². The van der Waals surface area contributed by atoms with Gasteiger partial charge < -0.3 is 19.5 Å². The molecule has 186 valence electrons. The maximum atomic E-state index is 13.9. The summed E-state index contributed by atoms with van der Waals surface area (Å²) < 4.78 is 5.45. The van der Waals surface area contributed by atoms with Gasteiger partial charge >= 0.3 is 0 Å². The van der Waals surface area contributed by atoms with Crippen LogP contribution in [0.25, 0.3) is 10.9 Å². The first-order valence-electron chi connectivity index (χ1n) is 12.0. The highest BCUT2D eigenvalue weighted by atomic mass is 16.6. The molecule has 37 heavy (non-hydrogen) atoms. The number of hydrogen-bond donors (Lipinski definition) is 1. The number of nitrogens with one attached hydrogen (secondary N) is 1. The summed E-state index contributed by atoms with van der Waals surface area (Å²) in [5, 5.41) is 12.5. The van der Waals surface area contributed by atoms with Crippen LogP contribution in [0.3, 0.4) is 0 Å². The molecule has 1 saturated heterocycles. The number of rotatable bonds is 5. The molecule has 0 radical (unpaired) electrons. The predicted molar refractivity (Wildman–Crippen MR) is 136 cm³/mol. The Morgan fingerprint density at radius 1 is 1.05 bits per heavy atom. The van der Waals surface area contributed by atoms with E-state index in [9.17, 15) is 19.7 Å². The van der Waals surface area contributed by atoms with Crippen molar-refractivity contribution >= 4 is 28.4 Å². The number of nitro groups is 1. The molecule has 9 heteroatoms. The van der Waals surface area contributed by atoms with Crippen molar-refractivity contribution < 1.29 is 19.2 Å². The maximum absolute atomic E-state index is 13.9. The summed E-state index contributed by atoms with van der Waals surface area (Å²) in [5.41, 5.74) is 3.98. The molecule has 6 rings (SSSR count). The highest BCUT2D eigenvalue weighted by Gasteiger charge is 2.48. The van der Waals surface area contributed by atoms with Crippen molar-refractivity contribution in [2.24, 2.45) is 0 Å². The lowest BCUT2D eigenvalue weighted by Gasteiger charge is -2.47. The smallest absolute Gasteiger partial charge is 0.269 e. The zero-order valence-electron chi connectivity index (χ0n) is 20.1. The lowest BCUT2D eigenvalue weighted by atomic mass is 9.86. The Labute approximate surface area is 212 Å². The van der Waals surface area contributed by atoms with Crippen LogP contribution >= 0.6 is 0 Å². The molecule has 1 N–H and O–H groups in total. The van der Waals surface area contributed by atoms with Gasteiger partial charge in [-0.15, -0.1) is 0 Å². The van der Waals surface area contributed by atoms with Gasteiger partial charge in [-0.1, -0.05) is 48.5 Å². The number of para-hydroxylation sites is 2. The number of piperazine rings is 1.